The number of nitrogens with one attached hydrogen (secondary N) is 1. The molecule has 1 heterocycles. The van der Waals surface area contributed by atoms with Crippen LogP contribution in [0.5, 0.6) is 0 Å². The number of hydrogen-bond acceptors (Lipinski definition) is 2. The third-order valence-corrected chi connectivity index (χ3v) is 1.64. The van der Waals surface area contributed by atoms with Gasteiger partial charge in [0.1, 0.15) is 5.56 Å². The average molecular weight is 167 g/mol. The van der Waals surface area contributed by atoms with Gasteiger partial charge in [-0.05, 0) is 18.1 Å². The zero-order valence-electron chi connectivity index (χ0n) is 6.63. The molecule has 0 unspecified atom stereocenters. The molecule has 0 amide bonds. The number of aromatic carboxylic acids is 1. The standard InChI is InChI=1S/C8H9NO3/c1-2-5-3-4-9-7(10)6(5)8(11)12/h3-4H,2H2,1H3,(H,9,10)(H,11,12). The number of hydrogen-bond donors (Lipinski definition) is 2. The van der Waals surface area contributed by atoms with Gasteiger partial charge in [0, 0.05) is 6.20 Å². The summed E-state index contributed by atoms with van der Waals surface area (Å²) in [7, 11) is 0. The minimum Gasteiger partial charge on any atom is -0.477 e. The lowest BCUT2D eigenvalue weighted by atomic mass is 10.1. The largest absolute Gasteiger partial charge is 0.477 e. The van der Waals surface area contributed by atoms with E-state index in [1.807, 2.05) is 0 Å². The Kier molecular flexibility index (Phi) is 2.28. The van der Waals surface area contributed by atoms with Gasteiger partial charge in [-0.25, -0.2) is 4.79 Å². The number of H-pyrrole nitrogens is 1. The number of carboxylic acids is 1. The molecule has 0 atom stereocenters. The topological polar surface area (TPSA) is 70.2 Å². The van der Waals surface area contributed by atoms with Crippen LogP contribution in [0.15, 0.2) is 17.1 Å². The van der Waals surface area contributed by atoms with Crippen LogP contribution in [-0.4, -0.2) is 16.1 Å². The summed E-state index contributed by atoms with van der Waals surface area (Å²) in [5.41, 5.74) is -0.131. The quantitative estimate of drug-likeness (QED) is 0.678. The molecule has 1 aromatic rings. The summed E-state index contributed by atoms with van der Waals surface area (Å²) in [5, 5.41) is 8.66. The van der Waals surface area contributed by atoms with Crippen LogP contribution in [0.1, 0.15) is 22.8 Å². The lowest BCUT2D eigenvalue weighted by Crippen LogP contribution is -2.19. The molecule has 0 aliphatic carbocycles. The van der Waals surface area contributed by atoms with Gasteiger partial charge >= 0.3 is 5.97 Å². The summed E-state index contributed by atoms with van der Waals surface area (Å²) < 4.78 is 0. The second-order valence-electron chi connectivity index (χ2n) is 2.37. The first kappa shape index (κ1) is 8.52. The average Bonchev–Trinajstić information content (AvgIpc) is 2.03. The predicted molar refractivity (Wildman–Crippen MR) is 43.4 cm³/mol. The number of carboxylic acid groups (broad SMARTS) is 1. The summed E-state index contributed by atoms with van der Waals surface area (Å²) >= 11 is 0. The van der Waals surface area contributed by atoms with Crippen molar-refractivity contribution in [3.8, 4) is 0 Å². The fourth-order valence-corrected chi connectivity index (χ4v) is 1.05. The number of aromatic nitrogens is 1. The van der Waals surface area contributed by atoms with Gasteiger partial charge in [-0.15, -0.1) is 0 Å². The lowest BCUT2D eigenvalue weighted by Gasteiger charge is -1.99. The van der Waals surface area contributed by atoms with Crippen LogP contribution >= 0.6 is 0 Å². The van der Waals surface area contributed by atoms with Gasteiger partial charge in [-0.3, -0.25) is 4.79 Å². The Labute approximate surface area is 68.9 Å². The van der Waals surface area contributed by atoms with E-state index in [1.54, 1.807) is 13.0 Å². The van der Waals surface area contributed by atoms with Crippen LogP contribution in [-0.2, 0) is 6.42 Å². The highest BCUT2D eigenvalue weighted by atomic mass is 16.4. The van der Waals surface area contributed by atoms with E-state index < -0.39 is 11.5 Å². The van der Waals surface area contributed by atoms with Crippen molar-refractivity contribution in [3.63, 3.8) is 0 Å². The van der Waals surface area contributed by atoms with E-state index in [-0.39, 0.29) is 5.56 Å². The Morgan fingerprint density at radius 3 is 2.75 bits per heavy atom. The highest BCUT2D eigenvalue weighted by Crippen LogP contribution is 2.02. The molecule has 0 aromatic carbocycles. The predicted octanol–water partition coefficient (Wildman–Crippen LogP) is 0.635. The number of aromatic amines is 1. The Morgan fingerprint density at radius 1 is 1.67 bits per heavy atom. The smallest absolute Gasteiger partial charge is 0.341 e. The molecule has 0 fully saturated rings. The SMILES string of the molecule is CCc1cc[nH]c(=O)c1C(=O)O. The molecule has 0 saturated carbocycles. The van der Waals surface area contributed by atoms with Gasteiger partial charge in [-0.2, -0.15) is 0 Å². The Balaban J connectivity index is 3.40. The number of rotatable bonds is 2. The van der Waals surface area contributed by atoms with Crippen molar-refractivity contribution in [2.75, 3.05) is 0 Å². The van der Waals surface area contributed by atoms with Crippen molar-refractivity contribution >= 4 is 5.97 Å². The normalized spacial score (nSPS) is 9.75. The van der Waals surface area contributed by atoms with Gasteiger partial charge in [-0.1, -0.05) is 6.92 Å². The molecular formula is C8H9NO3. The summed E-state index contributed by atoms with van der Waals surface area (Å²) in [6, 6.07) is 1.60. The molecule has 0 spiro atoms. The number of pyridine rings is 1. The summed E-state index contributed by atoms with van der Waals surface area (Å²) in [5.74, 6) is -1.17. The third kappa shape index (κ3) is 1.37. The summed E-state index contributed by atoms with van der Waals surface area (Å²) in [4.78, 5) is 23.9. The molecule has 4 nitrogen and oxygen atoms in total. The summed E-state index contributed by atoms with van der Waals surface area (Å²) in [6.45, 7) is 1.81. The van der Waals surface area contributed by atoms with Crippen molar-refractivity contribution < 1.29 is 9.90 Å². The van der Waals surface area contributed by atoms with Crippen molar-refractivity contribution in [1.82, 2.24) is 4.98 Å². The molecular weight excluding hydrogens is 158 g/mol. The molecule has 0 aliphatic heterocycles. The molecule has 1 aromatic heterocycles. The number of carbonyl (C=O) groups is 1. The molecule has 2 N–H and O–H groups in total. The molecule has 0 aliphatic rings. The fraction of sp³-hybridized carbons (Fsp3) is 0.250. The van der Waals surface area contributed by atoms with Crippen LogP contribution in [0, 0.1) is 0 Å². The zero-order chi connectivity index (χ0) is 9.14. The van der Waals surface area contributed by atoms with Gasteiger partial charge in [0.2, 0.25) is 0 Å². The third-order valence-electron chi connectivity index (χ3n) is 1.64. The first-order valence-corrected chi connectivity index (χ1v) is 3.60. The molecule has 12 heavy (non-hydrogen) atoms. The monoisotopic (exact) mass is 167 g/mol. The van der Waals surface area contributed by atoms with Gasteiger partial charge < -0.3 is 10.1 Å². The maximum atomic E-state index is 11.0. The van der Waals surface area contributed by atoms with Crippen LogP contribution in [0.2, 0.25) is 0 Å². The van der Waals surface area contributed by atoms with E-state index >= 15 is 0 Å². The van der Waals surface area contributed by atoms with Crippen LogP contribution in [0.3, 0.4) is 0 Å². The van der Waals surface area contributed by atoms with Crippen molar-refractivity contribution in [1.29, 1.82) is 0 Å². The van der Waals surface area contributed by atoms with Gasteiger partial charge in [0.25, 0.3) is 5.56 Å². The lowest BCUT2D eigenvalue weighted by molar-refractivity contribution is 0.0694. The first-order valence-electron chi connectivity index (χ1n) is 3.60. The van der Waals surface area contributed by atoms with Gasteiger partial charge in [0.05, 0.1) is 0 Å². The van der Waals surface area contributed by atoms with E-state index in [1.165, 1.54) is 6.20 Å². The van der Waals surface area contributed by atoms with E-state index in [0.29, 0.717) is 12.0 Å². The Morgan fingerprint density at radius 2 is 2.33 bits per heavy atom. The molecule has 1 rings (SSSR count). The van der Waals surface area contributed by atoms with Crippen molar-refractivity contribution in [2.24, 2.45) is 0 Å². The van der Waals surface area contributed by atoms with E-state index in [0.717, 1.165) is 0 Å². The summed E-state index contributed by atoms with van der Waals surface area (Å²) in [6.07, 6.45) is 2.00. The highest BCUT2D eigenvalue weighted by molar-refractivity contribution is 5.88. The highest BCUT2D eigenvalue weighted by Gasteiger charge is 2.12. The fourth-order valence-electron chi connectivity index (χ4n) is 1.05. The maximum Gasteiger partial charge on any atom is 0.341 e. The molecule has 0 bridgehead atoms. The van der Waals surface area contributed by atoms with Crippen LogP contribution in [0.25, 0.3) is 0 Å². The zero-order valence-corrected chi connectivity index (χ0v) is 6.63. The molecule has 0 radical (unpaired) electrons. The Bertz CT molecular complexity index is 354. The minimum absolute atomic E-state index is 0.153. The van der Waals surface area contributed by atoms with E-state index in [2.05, 4.69) is 4.98 Å². The second kappa shape index (κ2) is 3.21. The molecule has 64 valence electrons. The second-order valence-corrected chi connectivity index (χ2v) is 2.37. The minimum atomic E-state index is -1.17. The Hall–Kier alpha value is -1.58. The molecule has 4 heteroatoms. The van der Waals surface area contributed by atoms with Crippen LogP contribution < -0.4 is 5.56 Å². The maximum absolute atomic E-state index is 11.0. The van der Waals surface area contributed by atoms with Crippen molar-refractivity contribution in [3.05, 3.63) is 33.7 Å². The van der Waals surface area contributed by atoms with E-state index in [9.17, 15) is 9.59 Å². The number of aryl methyl sites for hydroxylation is 1. The van der Waals surface area contributed by atoms with Crippen LogP contribution in [0.4, 0.5) is 0 Å². The van der Waals surface area contributed by atoms with E-state index in [4.69, 9.17) is 5.11 Å². The van der Waals surface area contributed by atoms with Gasteiger partial charge in [0.15, 0.2) is 0 Å². The molecule has 0 saturated heterocycles. The van der Waals surface area contributed by atoms with Crippen molar-refractivity contribution in [2.45, 2.75) is 13.3 Å². The first-order chi connectivity index (χ1) is 5.66.